The van der Waals surface area contributed by atoms with E-state index in [0.29, 0.717) is 29.8 Å². The van der Waals surface area contributed by atoms with Crippen molar-refractivity contribution in [2.45, 2.75) is 64.5 Å². The third-order valence-corrected chi connectivity index (χ3v) is 9.09. The molecular formula is C37H45N5O8. The molecule has 13 nitrogen and oxygen atoms in total. The van der Waals surface area contributed by atoms with Crippen LogP contribution in [-0.2, 0) is 19.1 Å². The van der Waals surface area contributed by atoms with Gasteiger partial charge in [-0.05, 0) is 55.9 Å². The summed E-state index contributed by atoms with van der Waals surface area (Å²) in [7, 11) is 0. The summed E-state index contributed by atoms with van der Waals surface area (Å²) < 4.78 is 11.4. The summed E-state index contributed by atoms with van der Waals surface area (Å²) in [6.07, 6.45) is 2.49. The standard InChI is InChI=1S/C37H45N5O8/c1-3-4-21-49-37(48)41-19-17-40(18-20-41)36(47)28(14-15-34(44)45)39-35(46)30-23-32(27-13-12-25(2)22-29(27)38-30)50-24-33(43)42-16-8-11-31(42)26-9-6-5-7-10-26/h5-7,9-10,12-13,22-23,28,31H,3-4,8,11,14-21,24H2,1-2H3,(H,39,46)(H,44,45). The highest BCUT2D eigenvalue weighted by Crippen LogP contribution is 2.32. The van der Waals surface area contributed by atoms with Crippen molar-refractivity contribution in [1.82, 2.24) is 25.0 Å². The summed E-state index contributed by atoms with van der Waals surface area (Å²) in [6, 6.07) is 15.7. The Morgan fingerprint density at radius 1 is 0.980 bits per heavy atom. The van der Waals surface area contributed by atoms with Crippen LogP contribution in [0.5, 0.6) is 5.75 Å². The Morgan fingerprint density at radius 3 is 2.44 bits per heavy atom. The Bertz CT molecular complexity index is 1690. The lowest BCUT2D eigenvalue weighted by Gasteiger charge is -2.36. The number of carboxylic acids is 1. The molecule has 2 fully saturated rings. The Morgan fingerprint density at radius 2 is 1.72 bits per heavy atom. The van der Waals surface area contributed by atoms with Gasteiger partial charge in [-0.25, -0.2) is 9.78 Å². The van der Waals surface area contributed by atoms with E-state index in [1.807, 2.05) is 61.2 Å². The number of nitrogens with one attached hydrogen (secondary N) is 1. The molecule has 1 aromatic heterocycles. The Kier molecular flexibility index (Phi) is 12.2. The van der Waals surface area contributed by atoms with Crippen LogP contribution in [0.1, 0.15) is 73.1 Å². The smallest absolute Gasteiger partial charge is 0.409 e. The quantitative estimate of drug-likeness (QED) is 0.250. The number of aromatic nitrogens is 1. The second-order valence-corrected chi connectivity index (χ2v) is 12.7. The Balaban J connectivity index is 1.29. The van der Waals surface area contributed by atoms with Crippen LogP contribution in [-0.4, -0.2) is 107 Å². The van der Waals surface area contributed by atoms with Crippen LogP contribution in [0.2, 0.25) is 0 Å². The van der Waals surface area contributed by atoms with Crippen LogP contribution < -0.4 is 10.1 Å². The molecule has 0 aliphatic carbocycles. The number of nitrogens with zero attached hydrogens (tertiary/aromatic N) is 4. The van der Waals surface area contributed by atoms with Crippen molar-refractivity contribution in [1.29, 1.82) is 0 Å². The van der Waals surface area contributed by atoms with Crippen LogP contribution in [0, 0.1) is 6.92 Å². The molecule has 2 N–H and O–H groups in total. The van der Waals surface area contributed by atoms with Gasteiger partial charge in [-0.3, -0.25) is 19.2 Å². The van der Waals surface area contributed by atoms with Crippen LogP contribution in [0.25, 0.3) is 10.9 Å². The van der Waals surface area contributed by atoms with Gasteiger partial charge in [0.25, 0.3) is 11.8 Å². The molecule has 2 aliphatic heterocycles. The van der Waals surface area contributed by atoms with E-state index < -0.39 is 29.9 Å². The molecule has 266 valence electrons. The number of aliphatic carboxylic acids is 1. The molecule has 0 bridgehead atoms. The zero-order chi connectivity index (χ0) is 35.6. The second-order valence-electron chi connectivity index (χ2n) is 12.7. The third-order valence-electron chi connectivity index (χ3n) is 9.09. The molecule has 2 atom stereocenters. The molecule has 4 amide bonds. The zero-order valence-electron chi connectivity index (χ0n) is 28.6. The number of fused-ring (bicyclic) bond motifs is 1. The number of carbonyl (C=O) groups is 5. The Labute approximate surface area is 291 Å². The highest BCUT2D eigenvalue weighted by molar-refractivity contribution is 5.99. The maximum Gasteiger partial charge on any atom is 0.409 e. The predicted octanol–water partition coefficient (Wildman–Crippen LogP) is 4.33. The first-order valence-electron chi connectivity index (χ1n) is 17.3. The minimum Gasteiger partial charge on any atom is -0.483 e. The van der Waals surface area contributed by atoms with E-state index in [9.17, 15) is 29.1 Å². The molecule has 2 aliphatic rings. The lowest BCUT2D eigenvalue weighted by Crippen LogP contribution is -2.56. The molecule has 2 aromatic carbocycles. The molecule has 3 aromatic rings. The van der Waals surface area contributed by atoms with Crippen molar-refractivity contribution in [2.75, 3.05) is 45.9 Å². The van der Waals surface area contributed by atoms with Crippen molar-refractivity contribution in [3.8, 4) is 5.75 Å². The highest BCUT2D eigenvalue weighted by Gasteiger charge is 2.32. The summed E-state index contributed by atoms with van der Waals surface area (Å²) in [5.41, 5.74) is 2.40. The van der Waals surface area contributed by atoms with Crippen LogP contribution in [0.15, 0.2) is 54.6 Å². The van der Waals surface area contributed by atoms with E-state index in [4.69, 9.17) is 9.47 Å². The molecule has 0 saturated carbocycles. The first kappa shape index (κ1) is 36.1. The minimum atomic E-state index is -1.15. The number of hydrogen-bond donors (Lipinski definition) is 2. The number of rotatable bonds is 13. The lowest BCUT2D eigenvalue weighted by molar-refractivity contribution is -0.138. The summed E-state index contributed by atoms with van der Waals surface area (Å²) in [5.74, 6) is -2.12. The van der Waals surface area contributed by atoms with Crippen molar-refractivity contribution < 1.29 is 38.6 Å². The van der Waals surface area contributed by atoms with Gasteiger partial charge in [0.15, 0.2) is 6.61 Å². The normalized spacial score (nSPS) is 16.6. The van der Waals surface area contributed by atoms with Crippen LogP contribution in [0.3, 0.4) is 0 Å². The first-order chi connectivity index (χ1) is 24.1. The SMILES string of the molecule is CCCCOC(=O)N1CCN(C(=O)C(CCC(=O)O)NC(=O)c2cc(OCC(=O)N3CCCC3c3ccccc3)c3ccc(C)cc3n2)CC1. The fourth-order valence-electron chi connectivity index (χ4n) is 6.33. The third kappa shape index (κ3) is 9.07. The molecule has 13 heteroatoms. The number of carbonyl (C=O) groups excluding carboxylic acids is 4. The van der Waals surface area contributed by atoms with E-state index in [0.717, 1.165) is 36.8 Å². The first-order valence-corrected chi connectivity index (χ1v) is 17.3. The monoisotopic (exact) mass is 687 g/mol. The fourth-order valence-corrected chi connectivity index (χ4v) is 6.33. The number of carboxylic acid groups (broad SMARTS) is 1. The highest BCUT2D eigenvalue weighted by atomic mass is 16.6. The fraction of sp³-hybridized carbons (Fsp3) is 0.459. The maximum atomic E-state index is 13.7. The van der Waals surface area contributed by atoms with E-state index in [-0.39, 0.29) is 63.3 Å². The lowest BCUT2D eigenvalue weighted by atomic mass is 10.0. The molecule has 2 unspecified atom stereocenters. The molecule has 0 spiro atoms. The number of hydrogen-bond acceptors (Lipinski definition) is 8. The van der Waals surface area contributed by atoms with Crippen LogP contribution >= 0.6 is 0 Å². The summed E-state index contributed by atoms with van der Waals surface area (Å²) in [4.78, 5) is 74.0. The van der Waals surface area contributed by atoms with Crippen molar-refractivity contribution in [3.63, 3.8) is 0 Å². The van der Waals surface area contributed by atoms with Gasteiger partial charge in [-0.15, -0.1) is 0 Å². The number of ether oxygens (including phenoxy) is 2. The number of piperazine rings is 1. The van der Waals surface area contributed by atoms with Gasteiger partial charge in [0.1, 0.15) is 17.5 Å². The van der Waals surface area contributed by atoms with E-state index in [1.54, 1.807) is 6.07 Å². The molecule has 3 heterocycles. The number of amides is 4. The van der Waals surface area contributed by atoms with E-state index in [2.05, 4.69) is 10.3 Å². The van der Waals surface area contributed by atoms with Crippen molar-refractivity contribution in [2.24, 2.45) is 0 Å². The zero-order valence-corrected chi connectivity index (χ0v) is 28.6. The predicted molar refractivity (Wildman–Crippen MR) is 185 cm³/mol. The number of unbranched alkanes of at least 4 members (excludes halogenated alkanes) is 1. The average molecular weight is 688 g/mol. The molecular weight excluding hydrogens is 642 g/mol. The van der Waals surface area contributed by atoms with Crippen LogP contribution in [0.4, 0.5) is 4.79 Å². The van der Waals surface area contributed by atoms with Crippen molar-refractivity contribution >= 4 is 40.7 Å². The average Bonchev–Trinajstić information content (AvgIpc) is 3.62. The molecule has 50 heavy (non-hydrogen) atoms. The number of benzene rings is 2. The number of likely N-dealkylation sites (tertiary alicyclic amines) is 1. The van der Waals surface area contributed by atoms with E-state index in [1.165, 1.54) is 15.9 Å². The summed E-state index contributed by atoms with van der Waals surface area (Å²) in [6.45, 7) is 5.53. The van der Waals surface area contributed by atoms with Gasteiger partial charge in [0.05, 0.1) is 18.2 Å². The molecule has 2 saturated heterocycles. The topological polar surface area (TPSA) is 159 Å². The van der Waals surface area contributed by atoms with Gasteiger partial charge in [0.2, 0.25) is 5.91 Å². The molecule has 5 rings (SSSR count). The minimum absolute atomic E-state index is 0.0339. The molecule has 0 radical (unpaired) electrons. The Hall–Kier alpha value is -5.20. The van der Waals surface area contributed by atoms with Gasteiger partial charge in [0, 0.05) is 50.6 Å². The van der Waals surface area contributed by atoms with Gasteiger partial charge in [-0.2, -0.15) is 0 Å². The summed E-state index contributed by atoms with van der Waals surface area (Å²) >= 11 is 0. The van der Waals surface area contributed by atoms with Gasteiger partial charge in [-0.1, -0.05) is 49.7 Å². The maximum absolute atomic E-state index is 13.7. The van der Waals surface area contributed by atoms with E-state index >= 15 is 0 Å². The second kappa shape index (κ2) is 17.0. The largest absolute Gasteiger partial charge is 0.483 e. The summed E-state index contributed by atoms with van der Waals surface area (Å²) in [5, 5.41) is 12.7. The number of aryl methyl sites for hydroxylation is 1. The number of pyridine rings is 1. The van der Waals surface area contributed by atoms with Gasteiger partial charge >= 0.3 is 12.1 Å². The van der Waals surface area contributed by atoms with Gasteiger partial charge < -0.3 is 34.6 Å². The van der Waals surface area contributed by atoms with Crippen molar-refractivity contribution in [3.05, 3.63) is 71.4 Å².